The molecule has 3 rings (SSSR count). The molecule has 0 aromatic heterocycles. The number of amides is 1. The van der Waals surface area contributed by atoms with E-state index in [1.807, 2.05) is 17.0 Å². The molecule has 0 saturated carbocycles. The lowest BCUT2D eigenvalue weighted by molar-refractivity contribution is 0.0652. The Morgan fingerprint density at radius 3 is 2.56 bits per heavy atom. The zero-order chi connectivity index (χ0) is 22.9. The van der Waals surface area contributed by atoms with Crippen molar-refractivity contribution in [2.75, 3.05) is 26.7 Å². The quantitative estimate of drug-likeness (QED) is 0.389. The Kier molecular flexibility index (Phi) is 8.10. The van der Waals surface area contributed by atoms with E-state index in [9.17, 15) is 9.90 Å². The van der Waals surface area contributed by atoms with Crippen LogP contribution in [0.1, 0.15) is 29.3 Å². The maximum absolute atomic E-state index is 12.3. The summed E-state index contributed by atoms with van der Waals surface area (Å²) < 4.78 is 11.8. The van der Waals surface area contributed by atoms with Gasteiger partial charge in [-0.2, -0.15) is 0 Å². The summed E-state index contributed by atoms with van der Waals surface area (Å²) >= 11 is 0. The van der Waals surface area contributed by atoms with Crippen LogP contribution in [0.5, 0.6) is 17.2 Å². The molecule has 170 valence electrons. The first-order valence-electron chi connectivity index (χ1n) is 10.6. The number of amidine groups is 1. The van der Waals surface area contributed by atoms with E-state index in [-0.39, 0.29) is 18.6 Å². The molecule has 1 unspecified atom stereocenters. The van der Waals surface area contributed by atoms with Crippen molar-refractivity contribution in [3.05, 3.63) is 65.9 Å². The van der Waals surface area contributed by atoms with Gasteiger partial charge < -0.3 is 30.5 Å². The first-order valence-corrected chi connectivity index (χ1v) is 10.6. The number of aliphatic hydroxyl groups is 1. The van der Waals surface area contributed by atoms with Crippen LogP contribution >= 0.6 is 0 Å². The van der Waals surface area contributed by atoms with Crippen molar-refractivity contribution >= 4 is 11.7 Å². The van der Waals surface area contributed by atoms with Gasteiger partial charge in [-0.3, -0.25) is 9.79 Å². The minimum atomic E-state index is -0.364. The highest BCUT2D eigenvalue weighted by Crippen LogP contribution is 2.29. The number of aliphatic hydroxyl groups excluding tert-OH is 1. The largest absolute Gasteiger partial charge is 0.488 e. The van der Waals surface area contributed by atoms with Crippen LogP contribution in [0.4, 0.5) is 0 Å². The zero-order valence-electron chi connectivity index (χ0n) is 18.5. The van der Waals surface area contributed by atoms with Crippen LogP contribution in [0.25, 0.3) is 0 Å². The standard InChI is InChI=1S/C24H30N4O4/c1-17(16-29)31-21-12-18(15-27-23(25)8-9-26-2)13-22(14-21)32-20-6-4-19(5-7-20)24(30)28-10-3-11-28/h4-9,12-14,17,26,29H,3,10-11,15-16H2,1-2H3,(H2,25,27). The van der Waals surface area contributed by atoms with Crippen molar-refractivity contribution in [2.45, 2.75) is 26.0 Å². The molecule has 1 atom stereocenters. The van der Waals surface area contributed by atoms with Crippen molar-refractivity contribution in [1.29, 1.82) is 0 Å². The SMILES string of the molecule is CNC=CC(N)=NCc1cc(Oc2ccc(C(=O)N3CCC3)cc2)cc(OC(C)CO)c1. The van der Waals surface area contributed by atoms with Crippen molar-refractivity contribution in [2.24, 2.45) is 10.7 Å². The number of nitrogens with one attached hydrogen (secondary N) is 1. The predicted molar refractivity (Wildman–Crippen MR) is 124 cm³/mol. The number of benzene rings is 2. The monoisotopic (exact) mass is 438 g/mol. The lowest BCUT2D eigenvalue weighted by Crippen LogP contribution is -2.41. The third-order valence-corrected chi connectivity index (χ3v) is 4.88. The number of hydrogen-bond acceptors (Lipinski definition) is 6. The molecule has 1 amide bonds. The van der Waals surface area contributed by atoms with Gasteiger partial charge >= 0.3 is 0 Å². The molecule has 1 heterocycles. The number of carbonyl (C=O) groups is 1. The molecule has 0 radical (unpaired) electrons. The molecule has 1 fully saturated rings. The Balaban J connectivity index is 1.76. The Bertz CT molecular complexity index is 968. The third-order valence-electron chi connectivity index (χ3n) is 4.88. The predicted octanol–water partition coefficient (Wildman–Crippen LogP) is 2.67. The first-order chi connectivity index (χ1) is 15.5. The number of likely N-dealkylation sites (tertiary alicyclic amines) is 1. The number of rotatable bonds is 10. The average Bonchev–Trinajstić information content (AvgIpc) is 2.75. The molecular formula is C24H30N4O4. The van der Waals surface area contributed by atoms with Crippen LogP contribution in [-0.4, -0.2) is 54.6 Å². The van der Waals surface area contributed by atoms with Gasteiger partial charge in [0.25, 0.3) is 5.91 Å². The third kappa shape index (κ3) is 6.49. The van der Waals surface area contributed by atoms with Crippen LogP contribution in [-0.2, 0) is 6.54 Å². The molecule has 2 aromatic rings. The zero-order valence-corrected chi connectivity index (χ0v) is 18.5. The number of nitrogens with two attached hydrogens (primary N) is 1. The van der Waals surface area contributed by atoms with Crippen LogP contribution in [0.2, 0.25) is 0 Å². The number of carbonyl (C=O) groups excluding carboxylic acids is 1. The molecule has 1 saturated heterocycles. The topological polar surface area (TPSA) is 109 Å². The smallest absolute Gasteiger partial charge is 0.253 e. The number of aliphatic imine (C=N–C) groups is 1. The summed E-state index contributed by atoms with van der Waals surface area (Å²) in [5.74, 6) is 2.15. The molecule has 0 bridgehead atoms. The molecule has 8 nitrogen and oxygen atoms in total. The summed E-state index contributed by atoms with van der Waals surface area (Å²) in [5, 5.41) is 12.2. The van der Waals surface area contributed by atoms with Gasteiger partial charge in [0.2, 0.25) is 0 Å². The molecule has 4 N–H and O–H groups in total. The van der Waals surface area contributed by atoms with E-state index in [4.69, 9.17) is 15.2 Å². The highest BCUT2D eigenvalue weighted by Gasteiger charge is 2.21. The van der Waals surface area contributed by atoms with E-state index in [0.717, 1.165) is 25.1 Å². The van der Waals surface area contributed by atoms with E-state index >= 15 is 0 Å². The maximum atomic E-state index is 12.3. The fourth-order valence-electron chi connectivity index (χ4n) is 3.03. The fourth-order valence-corrected chi connectivity index (χ4v) is 3.03. The second-order valence-corrected chi connectivity index (χ2v) is 7.56. The molecule has 0 spiro atoms. The van der Waals surface area contributed by atoms with Gasteiger partial charge in [-0.1, -0.05) is 0 Å². The summed E-state index contributed by atoms with van der Waals surface area (Å²) in [7, 11) is 1.78. The van der Waals surface area contributed by atoms with Crippen LogP contribution in [0.3, 0.4) is 0 Å². The van der Waals surface area contributed by atoms with Crippen LogP contribution in [0.15, 0.2) is 59.7 Å². The van der Waals surface area contributed by atoms with Crippen molar-refractivity contribution in [3.8, 4) is 17.2 Å². The molecule has 1 aliphatic rings. The normalized spacial score (nSPS) is 14.7. The Labute approximate surface area is 188 Å². The summed E-state index contributed by atoms with van der Waals surface area (Å²) in [6.07, 6.45) is 4.07. The Morgan fingerprint density at radius 1 is 1.22 bits per heavy atom. The second kappa shape index (κ2) is 11.2. The van der Waals surface area contributed by atoms with Crippen LogP contribution < -0.4 is 20.5 Å². The number of hydrogen-bond donors (Lipinski definition) is 3. The van der Waals surface area contributed by atoms with Crippen molar-refractivity contribution in [3.63, 3.8) is 0 Å². The second-order valence-electron chi connectivity index (χ2n) is 7.56. The molecule has 1 aliphatic heterocycles. The van der Waals surface area contributed by atoms with Gasteiger partial charge in [-0.15, -0.1) is 0 Å². The minimum absolute atomic E-state index is 0.0428. The minimum Gasteiger partial charge on any atom is -0.488 e. The molecule has 0 aliphatic carbocycles. The van der Waals surface area contributed by atoms with Gasteiger partial charge in [-0.25, -0.2) is 0 Å². The van der Waals surface area contributed by atoms with E-state index in [2.05, 4.69) is 10.3 Å². The molecule has 8 heteroatoms. The Hall–Kier alpha value is -3.52. The van der Waals surface area contributed by atoms with Crippen LogP contribution in [0, 0.1) is 0 Å². The lowest BCUT2D eigenvalue weighted by atomic mass is 10.1. The lowest BCUT2D eigenvalue weighted by Gasteiger charge is -2.30. The van der Waals surface area contributed by atoms with Gasteiger partial charge in [0.1, 0.15) is 29.2 Å². The molecule has 2 aromatic carbocycles. The first kappa shape index (κ1) is 23.1. The molecule has 32 heavy (non-hydrogen) atoms. The fraction of sp³-hybridized carbons (Fsp3) is 0.333. The summed E-state index contributed by atoms with van der Waals surface area (Å²) in [6.45, 7) is 3.64. The summed E-state index contributed by atoms with van der Waals surface area (Å²) in [4.78, 5) is 18.5. The van der Waals surface area contributed by atoms with E-state index in [1.54, 1.807) is 56.6 Å². The van der Waals surface area contributed by atoms with Gasteiger partial charge in [0.05, 0.1) is 13.2 Å². The van der Waals surface area contributed by atoms with Gasteiger partial charge in [0.15, 0.2) is 0 Å². The molecular weight excluding hydrogens is 408 g/mol. The highest BCUT2D eigenvalue weighted by atomic mass is 16.5. The summed E-state index contributed by atoms with van der Waals surface area (Å²) in [5.41, 5.74) is 7.37. The summed E-state index contributed by atoms with van der Waals surface area (Å²) in [6, 6.07) is 12.5. The highest BCUT2D eigenvalue weighted by molar-refractivity contribution is 5.94. The average molecular weight is 439 g/mol. The van der Waals surface area contributed by atoms with E-state index in [1.165, 1.54) is 0 Å². The van der Waals surface area contributed by atoms with Crippen molar-refractivity contribution in [1.82, 2.24) is 10.2 Å². The van der Waals surface area contributed by atoms with Crippen molar-refractivity contribution < 1.29 is 19.4 Å². The number of ether oxygens (including phenoxy) is 2. The van der Waals surface area contributed by atoms with Gasteiger partial charge in [0, 0.05) is 31.8 Å². The maximum Gasteiger partial charge on any atom is 0.253 e. The van der Waals surface area contributed by atoms with Gasteiger partial charge in [-0.05, 0) is 67.6 Å². The van der Waals surface area contributed by atoms with E-state index < -0.39 is 0 Å². The van der Waals surface area contributed by atoms with E-state index in [0.29, 0.717) is 35.2 Å². The number of nitrogens with zero attached hydrogens (tertiary/aromatic N) is 2. The Morgan fingerprint density at radius 2 is 1.94 bits per heavy atom.